The molecule has 0 aromatic heterocycles. The minimum Gasteiger partial charge on any atom is -0.480 e. The van der Waals surface area contributed by atoms with E-state index >= 15 is 0 Å². The second kappa shape index (κ2) is 5.50. The van der Waals surface area contributed by atoms with E-state index in [4.69, 9.17) is 0 Å². The minimum atomic E-state index is -1.13. The van der Waals surface area contributed by atoms with Gasteiger partial charge in [0.2, 0.25) is 0 Å². The van der Waals surface area contributed by atoms with E-state index in [1.807, 2.05) is 0 Å². The lowest BCUT2D eigenvalue weighted by atomic mass is 9.75. The van der Waals surface area contributed by atoms with Crippen molar-refractivity contribution in [2.75, 3.05) is 7.05 Å². The minimum absolute atomic E-state index is 0.0673. The van der Waals surface area contributed by atoms with Gasteiger partial charge in [-0.15, -0.1) is 0 Å². The Morgan fingerprint density at radius 2 is 1.71 bits per heavy atom. The third kappa shape index (κ3) is 3.50. The van der Waals surface area contributed by atoms with Gasteiger partial charge < -0.3 is 15.3 Å². The number of rotatable bonds is 4. The van der Waals surface area contributed by atoms with Gasteiger partial charge in [-0.2, -0.15) is 0 Å². The SMILES string of the molecule is CN(C(=O)NC(C)(C(=O)O)C1CC1)C1CCC(C)(C)CC1. The molecule has 0 saturated heterocycles. The molecule has 0 aromatic rings. The number of amides is 2. The molecule has 0 aromatic carbocycles. The number of carbonyl (C=O) groups excluding carboxylic acids is 1. The molecule has 2 fully saturated rings. The Hall–Kier alpha value is -1.26. The summed E-state index contributed by atoms with van der Waals surface area (Å²) in [6.45, 7) is 6.15. The zero-order valence-electron chi connectivity index (χ0n) is 13.6. The Morgan fingerprint density at radius 3 is 2.14 bits per heavy atom. The van der Waals surface area contributed by atoms with Crippen LogP contribution in [0.1, 0.15) is 59.3 Å². The number of nitrogens with one attached hydrogen (secondary N) is 1. The van der Waals surface area contributed by atoms with Crippen molar-refractivity contribution in [2.24, 2.45) is 11.3 Å². The van der Waals surface area contributed by atoms with Crippen LogP contribution < -0.4 is 5.32 Å². The lowest BCUT2D eigenvalue weighted by Crippen LogP contribution is -2.58. The highest BCUT2D eigenvalue weighted by atomic mass is 16.4. The van der Waals surface area contributed by atoms with E-state index in [1.165, 1.54) is 0 Å². The van der Waals surface area contributed by atoms with E-state index in [1.54, 1.807) is 18.9 Å². The first kappa shape index (κ1) is 16.1. The van der Waals surface area contributed by atoms with Crippen molar-refractivity contribution < 1.29 is 14.7 Å². The summed E-state index contributed by atoms with van der Waals surface area (Å²) >= 11 is 0. The van der Waals surface area contributed by atoms with Crippen LogP contribution >= 0.6 is 0 Å². The predicted octanol–water partition coefficient (Wildman–Crippen LogP) is 2.85. The van der Waals surface area contributed by atoms with E-state index in [0.717, 1.165) is 38.5 Å². The van der Waals surface area contributed by atoms with Gasteiger partial charge in [0.15, 0.2) is 0 Å². The molecule has 0 heterocycles. The highest BCUT2D eigenvalue weighted by Crippen LogP contribution is 2.40. The zero-order chi connectivity index (χ0) is 15.8. The van der Waals surface area contributed by atoms with Crippen molar-refractivity contribution in [3.8, 4) is 0 Å². The number of aliphatic carboxylic acids is 1. The van der Waals surface area contributed by atoms with Gasteiger partial charge >= 0.3 is 12.0 Å². The summed E-state index contributed by atoms with van der Waals surface area (Å²) in [7, 11) is 1.79. The maximum Gasteiger partial charge on any atom is 0.329 e. The third-order valence-corrected chi connectivity index (χ3v) is 5.38. The number of hydrogen-bond acceptors (Lipinski definition) is 2. The molecule has 120 valence electrons. The number of urea groups is 1. The molecule has 5 nitrogen and oxygen atoms in total. The first-order valence-corrected chi connectivity index (χ1v) is 7.94. The molecule has 2 N–H and O–H groups in total. The summed E-state index contributed by atoms with van der Waals surface area (Å²) in [5, 5.41) is 12.2. The topological polar surface area (TPSA) is 69.6 Å². The normalized spacial score (nSPS) is 25.0. The number of nitrogens with zero attached hydrogens (tertiary/aromatic N) is 1. The zero-order valence-corrected chi connectivity index (χ0v) is 13.6. The molecule has 1 unspecified atom stereocenters. The van der Waals surface area contributed by atoms with Crippen molar-refractivity contribution in [3.63, 3.8) is 0 Å². The van der Waals surface area contributed by atoms with Gasteiger partial charge in [0.25, 0.3) is 0 Å². The van der Waals surface area contributed by atoms with Crippen molar-refractivity contribution in [1.29, 1.82) is 0 Å². The smallest absolute Gasteiger partial charge is 0.329 e. The van der Waals surface area contributed by atoms with Crippen LogP contribution in [0.2, 0.25) is 0 Å². The first-order valence-electron chi connectivity index (χ1n) is 7.94. The van der Waals surface area contributed by atoms with Gasteiger partial charge in [-0.1, -0.05) is 13.8 Å². The molecule has 2 amide bonds. The van der Waals surface area contributed by atoms with Crippen molar-refractivity contribution in [3.05, 3.63) is 0 Å². The van der Waals surface area contributed by atoms with Gasteiger partial charge in [0.1, 0.15) is 5.54 Å². The molecule has 2 aliphatic carbocycles. The van der Waals surface area contributed by atoms with E-state index in [2.05, 4.69) is 19.2 Å². The molecule has 2 saturated carbocycles. The van der Waals surface area contributed by atoms with Crippen LogP contribution in [0.15, 0.2) is 0 Å². The number of hydrogen-bond donors (Lipinski definition) is 2. The van der Waals surface area contributed by atoms with Crippen LogP contribution in [0.4, 0.5) is 4.79 Å². The average Bonchev–Trinajstić information content (AvgIpc) is 3.22. The Balaban J connectivity index is 1.95. The Labute approximate surface area is 127 Å². The van der Waals surface area contributed by atoms with Crippen LogP contribution in [-0.2, 0) is 4.79 Å². The van der Waals surface area contributed by atoms with Crippen LogP contribution in [0.5, 0.6) is 0 Å². The van der Waals surface area contributed by atoms with Gasteiger partial charge in [-0.25, -0.2) is 9.59 Å². The number of carbonyl (C=O) groups is 2. The van der Waals surface area contributed by atoms with Crippen LogP contribution in [0.25, 0.3) is 0 Å². The maximum atomic E-state index is 12.4. The summed E-state index contributed by atoms with van der Waals surface area (Å²) in [4.78, 5) is 25.6. The molecular formula is C16H28N2O3. The van der Waals surface area contributed by atoms with Crippen LogP contribution in [0.3, 0.4) is 0 Å². The lowest BCUT2D eigenvalue weighted by Gasteiger charge is -2.39. The Morgan fingerprint density at radius 1 is 1.19 bits per heavy atom. The van der Waals surface area contributed by atoms with Gasteiger partial charge in [0.05, 0.1) is 0 Å². The van der Waals surface area contributed by atoms with E-state index in [0.29, 0.717) is 5.41 Å². The predicted molar refractivity (Wildman–Crippen MR) is 81.1 cm³/mol. The Kier molecular flexibility index (Phi) is 4.22. The summed E-state index contributed by atoms with van der Waals surface area (Å²) in [5.41, 5.74) is -0.767. The number of carboxylic acids is 1. The van der Waals surface area contributed by atoms with Gasteiger partial charge in [0, 0.05) is 13.1 Å². The van der Waals surface area contributed by atoms with Crippen LogP contribution in [-0.4, -0.2) is 40.6 Å². The molecule has 0 radical (unpaired) electrons. The molecule has 21 heavy (non-hydrogen) atoms. The van der Waals surface area contributed by atoms with E-state index < -0.39 is 11.5 Å². The van der Waals surface area contributed by atoms with E-state index in [-0.39, 0.29) is 18.0 Å². The lowest BCUT2D eigenvalue weighted by molar-refractivity contribution is -0.144. The summed E-state index contributed by atoms with van der Waals surface area (Å²) < 4.78 is 0. The summed E-state index contributed by atoms with van der Waals surface area (Å²) in [6.07, 6.45) is 5.95. The standard InChI is InChI=1S/C16H28N2O3/c1-15(2)9-7-12(8-10-15)18(4)14(21)17-16(3,13(19)20)11-5-6-11/h11-12H,5-10H2,1-4H3,(H,17,21)(H,19,20). The quantitative estimate of drug-likeness (QED) is 0.838. The molecular weight excluding hydrogens is 268 g/mol. The van der Waals surface area contributed by atoms with Crippen molar-refractivity contribution >= 4 is 12.0 Å². The number of carboxylic acid groups (broad SMARTS) is 1. The molecule has 0 bridgehead atoms. The molecule has 5 heteroatoms. The largest absolute Gasteiger partial charge is 0.480 e. The maximum absolute atomic E-state index is 12.4. The second-order valence-corrected chi connectivity index (χ2v) is 7.72. The van der Waals surface area contributed by atoms with Crippen LogP contribution in [0, 0.1) is 11.3 Å². The fourth-order valence-electron chi connectivity index (χ4n) is 3.24. The fraction of sp³-hybridized carbons (Fsp3) is 0.875. The van der Waals surface area contributed by atoms with E-state index in [9.17, 15) is 14.7 Å². The molecule has 1 atom stereocenters. The fourth-order valence-corrected chi connectivity index (χ4v) is 3.24. The van der Waals surface area contributed by atoms with Gasteiger partial charge in [-0.05, 0) is 56.8 Å². The first-order chi connectivity index (χ1) is 9.66. The monoisotopic (exact) mass is 296 g/mol. The highest BCUT2D eigenvalue weighted by Gasteiger charge is 2.49. The summed E-state index contributed by atoms with van der Waals surface area (Å²) in [6, 6.07) is -0.0354. The average molecular weight is 296 g/mol. The molecule has 0 spiro atoms. The van der Waals surface area contributed by atoms with Crippen molar-refractivity contribution in [2.45, 2.75) is 70.9 Å². The second-order valence-electron chi connectivity index (χ2n) is 7.72. The Bertz CT molecular complexity index is 421. The third-order valence-electron chi connectivity index (χ3n) is 5.38. The summed E-state index contributed by atoms with van der Waals surface area (Å²) in [5.74, 6) is -0.867. The van der Waals surface area contributed by atoms with Gasteiger partial charge in [-0.3, -0.25) is 0 Å². The molecule has 0 aliphatic heterocycles. The molecule has 2 rings (SSSR count). The molecule has 2 aliphatic rings. The highest BCUT2D eigenvalue weighted by molar-refractivity contribution is 5.86. The van der Waals surface area contributed by atoms with Crippen molar-refractivity contribution in [1.82, 2.24) is 10.2 Å².